The van der Waals surface area contributed by atoms with Crippen molar-refractivity contribution >= 4 is 37.5 Å². The lowest BCUT2D eigenvalue weighted by atomic mass is 10.2. The van der Waals surface area contributed by atoms with E-state index in [1.54, 1.807) is 11.3 Å². The predicted octanol–water partition coefficient (Wildman–Crippen LogP) is 4.64. The molecule has 1 aromatic heterocycles. The Balaban J connectivity index is 1.82. The van der Waals surface area contributed by atoms with E-state index in [0.717, 1.165) is 26.0 Å². The minimum Gasteiger partial charge on any atom is -0.489 e. The largest absolute Gasteiger partial charge is 0.489 e. The quantitative estimate of drug-likeness (QED) is 0.701. The summed E-state index contributed by atoms with van der Waals surface area (Å²) < 4.78 is 7.97. The predicted molar refractivity (Wildman–Crippen MR) is 78.1 cm³/mol. The minimum absolute atomic E-state index is 0.572. The smallest absolute Gasteiger partial charge is 0.123 e. The number of thiazole rings is 1. The lowest BCUT2D eigenvalue weighted by Crippen LogP contribution is -1.94. The molecule has 0 atom stereocenters. The highest BCUT2D eigenvalue weighted by molar-refractivity contribution is 9.10. The summed E-state index contributed by atoms with van der Waals surface area (Å²) in [6, 6.07) is 14.1. The van der Waals surface area contributed by atoms with E-state index in [2.05, 4.69) is 33.0 Å². The Kier molecular flexibility index (Phi) is 3.30. The number of ether oxygens (including phenoxy) is 1. The number of hydrogen-bond donors (Lipinski definition) is 0. The fraction of sp³-hybridized carbons (Fsp3) is 0.0714. The van der Waals surface area contributed by atoms with Crippen LogP contribution < -0.4 is 4.74 Å². The molecule has 0 saturated heterocycles. The third-order valence-corrected chi connectivity index (χ3v) is 4.37. The average molecular weight is 320 g/mol. The molecule has 4 heteroatoms. The van der Waals surface area contributed by atoms with Gasteiger partial charge in [0.15, 0.2) is 0 Å². The van der Waals surface area contributed by atoms with Gasteiger partial charge in [-0.25, -0.2) is 4.98 Å². The summed E-state index contributed by atoms with van der Waals surface area (Å²) in [5.74, 6) is 0.837. The van der Waals surface area contributed by atoms with Crippen molar-refractivity contribution in [1.82, 2.24) is 4.98 Å². The van der Waals surface area contributed by atoms with Gasteiger partial charge in [-0.1, -0.05) is 30.3 Å². The molecule has 3 aromatic rings. The Morgan fingerprint density at radius 2 is 2.00 bits per heavy atom. The van der Waals surface area contributed by atoms with Crippen molar-refractivity contribution < 1.29 is 4.74 Å². The first-order valence-electron chi connectivity index (χ1n) is 5.52. The van der Waals surface area contributed by atoms with Crippen LogP contribution in [0.1, 0.15) is 5.56 Å². The highest BCUT2D eigenvalue weighted by atomic mass is 79.9. The topological polar surface area (TPSA) is 22.1 Å². The number of hydrogen-bond acceptors (Lipinski definition) is 3. The molecule has 0 radical (unpaired) electrons. The summed E-state index contributed by atoms with van der Waals surface area (Å²) in [6.07, 6.45) is 0. The summed E-state index contributed by atoms with van der Waals surface area (Å²) in [6.45, 7) is 0.572. The number of benzene rings is 2. The number of rotatable bonds is 3. The lowest BCUT2D eigenvalue weighted by molar-refractivity contribution is 0.306. The van der Waals surface area contributed by atoms with Gasteiger partial charge in [0.25, 0.3) is 0 Å². The molecule has 0 fully saturated rings. The molecule has 0 saturated carbocycles. The van der Waals surface area contributed by atoms with Gasteiger partial charge in [0, 0.05) is 10.5 Å². The molecular formula is C14H10BrNOS. The average Bonchev–Trinajstić information content (AvgIpc) is 2.86. The minimum atomic E-state index is 0.572. The van der Waals surface area contributed by atoms with Gasteiger partial charge in [0.05, 0.1) is 15.7 Å². The summed E-state index contributed by atoms with van der Waals surface area (Å²) in [5, 5.41) is 0. The molecule has 0 amide bonds. The van der Waals surface area contributed by atoms with E-state index in [1.165, 1.54) is 0 Å². The van der Waals surface area contributed by atoms with Crippen LogP contribution >= 0.6 is 27.3 Å². The molecule has 0 aliphatic heterocycles. The van der Waals surface area contributed by atoms with Gasteiger partial charge in [-0.15, -0.1) is 11.3 Å². The van der Waals surface area contributed by atoms with Gasteiger partial charge >= 0.3 is 0 Å². The fourth-order valence-corrected chi connectivity index (χ4v) is 3.11. The number of halogens is 1. The van der Waals surface area contributed by atoms with Crippen molar-refractivity contribution in [3.05, 3.63) is 58.0 Å². The molecule has 18 heavy (non-hydrogen) atoms. The first-order chi connectivity index (χ1) is 8.83. The van der Waals surface area contributed by atoms with Crippen LogP contribution in [0.3, 0.4) is 0 Å². The molecule has 0 bridgehead atoms. The number of fused-ring (bicyclic) bond motifs is 1. The van der Waals surface area contributed by atoms with E-state index >= 15 is 0 Å². The molecule has 0 N–H and O–H groups in total. The normalized spacial score (nSPS) is 10.7. The lowest BCUT2D eigenvalue weighted by Gasteiger charge is -2.07. The van der Waals surface area contributed by atoms with Crippen LogP contribution in [0.25, 0.3) is 10.2 Å². The van der Waals surface area contributed by atoms with E-state index in [1.807, 2.05) is 35.8 Å². The van der Waals surface area contributed by atoms with Crippen LogP contribution in [0.15, 0.2) is 52.4 Å². The van der Waals surface area contributed by atoms with Gasteiger partial charge in [0.1, 0.15) is 12.4 Å². The second kappa shape index (κ2) is 5.08. The van der Waals surface area contributed by atoms with Gasteiger partial charge in [-0.05, 0) is 27.6 Å². The highest BCUT2D eigenvalue weighted by Crippen LogP contribution is 2.31. The maximum atomic E-state index is 5.78. The Labute approximate surface area is 117 Å². The molecule has 90 valence electrons. The Morgan fingerprint density at radius 1 is 1.17 bits per heavy atom. The Hall–Kier alpha value is -1.39. The second-order valence-corrected chi connectivity index (χ2v) is 5.59. The van der Waals surface area contributed by atoms with Crippen LogP contribution in [-0.2, 0) is 6.61 Å². The zero-order valence-electron chi connectivity index (χ0n) is 9.47. The molecule has 0 spiro atoms. The van der Waals surface area contributed by atoms with E-state index in [9.17, 15) is 0 Å². The van der Waals surface area contributed by atoms with Crippen molar-refractivity contribution in [3.63, 3.8) is 0 Å². The molecular weight excluding hydrogens is 310 g/mol. The van der Waals surface area contributed by atoms with E-state index < -0.39 is 0 Å². The zero-order valence-corrected chi connectivity index (χ0v) is 11.9. The van der Waals surface area contributed by atoms with Crippen LogP contribution in [-0.4, -0.2) is 4.98 Å². The van der Waals surface area contributed by atoms with Crippen LogP contribution in [0.4, 0.5) is 0 Å². The van der Waals surface area contributed by atoms with E-state index in [0.29, 0.717) is 6.61 Å². The standard InChI is InChI=1S/C14H10BrNOS/c15-12-6-11(7-13-14(12)18-9-16-13)17-8-10-4-2-1-3-5-10/h1-7,9H,8H2. The van der Waals surface area contributed by atoms with Crippen molar-refractivity contribution in [3.8, 4) is 5.75 Å². The molecule has 2 nitrogen and oxygen atoms in total. The van der Waals surface area contributed by atoms with Crippen LogP contribution in [0, 0.1) is 0 Å². The second-order valence-electron chi connectivity index (χ2n) is 3.88. The van der Waals surface area contributed by atoms with Crippen molar-refractivity contribution in [2.24, 2.45) is 0 Å². The molecule has 1 heterocycles. The van der Waals surface area contributed by atoms with Gasteiger partial charge in [-0.2, -0.15) is 0 Å². The molecule has 0 aliphatic rings. The first-order valence-corrected chi connectivity index (χ1v) is 7.20. The molecule has 0 aliphatic carbocycles. The highest BCUT2D eigenvalue weighted by Gasteiger charge is 2.05. The summed E-state index contributed by atoms with van der Waals surface area (Å²) in [4.78, 5) is 4.30. The third-order valence-electron chi connectivity index (χ3n) is 2.61. The summed E-state index contributed by atoms with van der Waals surface area (Å²) >= 11 is 5.17. The zero-order chi connectivity index (χ0) is 12.4. The number of aromatic nitrogens is 1. The van der Waals surface area contributed by atoms with E-state index in [-0.39, 0.29) is 0 Å². The Bertz CT molecular complexity index is 666. The molecule has 3 rings (SSSR count). The summed E-state index contributed by atoms with van der Waals surface area (Å²) in [5.41, 5.74) is 3.97. The maximum Gasteiger partial charge on any atom is 0.123 e. The van der Waals surface area contributed by atoms with E-state index in [4.69, 9.17) is 4.74 Å². The van der Waals surface area contributed by atoms with Gasteiger partial charge in [0.2, 0.25) is 0 Å². The van der Waals surface area contributed by atoms with Crippen LogP contribution in [0.2, 0.25) is 0 Å². The van der Waals surface area contributed by atoms with Crippen molar-refractivity contribution in [2.75, 3.05) is 0 Å². The first kappa shape index (κ1) is 11.7. The number of nitrogens with zero attached hydrogens (tertiary/aromatic N) is 1. The monoisotopic (exact) mass is 319 g/mol. The molecule has 0 unspecified atom stereocenters. The Morgan fingerprint density at radius 3 is 2.83 bits per heavy atom. The van der Waals surface area contributed by atoms with Crippen LogP contribution in [0.5, 0.6) is 5.75 Å². The van der Waals surface area contributed by atoms with Gasteiger partial charge < -0.3 is 4.74 Å². The van der Waals surface area contributed by atoms with Gasteiger partial charge in [-0.3, -0.25) is 0 Å². The molecule has 2 aromatic carbocycles. The van der Waals surface area contributed by atoms with Crippen molar-refractivity contribution in [2.45, 2.75) is 6.61 Å². The SMILES string of the molecule is Brc1cc(OCc2ccccc2)cc2ncsc12. The summed E-state index contributed by atoms with van der Waals surface area (Å²) in [7, 11) is 0. The fourth-order valence-electron chi connectivity index (χ4n) is 1.73. The third kappa shape index (κ3) is 2.40. The maximum absolute atomic E-state index is 5.78. The van der Waals surface area contributed by atoms with Crippen molar-refractivity contribution in [1.29, 1.82) is 0 Å².